The molecule has 4 heteroatoms. The van der Waals surface area contributed by atoms with Gasteiger partial charge < -0.3 is 10.8 Å². The van der Waals surface area contributed by atoms with Crippen LogP contribution in [-0.4, -0.2) is 10.2 Å². The molecule has 0 saturated heterocycles. The lowest BCUT2D eigenvalue weighted by Crippen LogP contribution is -2.13. The van der Waals surface area contributed by atoms with E-state index in [2.05, 4.69) is 12.6 Å². The summed E-state index contributed by atoms with van der Waals surface area (Å²) in [4.78, 5) is 10.8. The maximum absolute atomic E-state index is 10.8. The Balaban J connectivity index is 3.11. The summed E-state index contributed by atoms with van der Waals surface area (Å²) in [5, 5.41) is 9.78. The number of thiol groups is 1. The molecule has 0 heterocycles. The number of aromatic hydroxyl groups is 1. The molecule has 0 spiro atoms. The van der Waals surface area contributed by atoms with Crippen LogP contribution in [0.3, 0.4) is 0 Å². The predicted octanol–water partition coefficient (Wildman–Crippen LogP) is 2.66. The fourth-order valence-electron chi connectivity index (χ4n) is 1.69. The van der Waals surface area contributed by atoms with Gasteiger partial charge in [-0.05, 0) is 23.5 Å². The number of carbonyl (C=O) groups is 1. The summed E-state index contributed by atoms with van der Waals surface area (Å²) >= 11 is 3.74. The van der Waals surface area contributed by atoms with Crippen LogP contribution in [0.25, 0.3) is 0 Å². The number of hydrogen-bond acceptors (Lipinski definition) is 3. The van der Waals surface area contributed by atoms with E-state index in [4.69, 9.17) is 5.73 Å². The molecule has 0 aliphatic rings. The molecule has 94 valence electrons. The molecule has 0 atom stereocenters. The van der Waals surface area contributed by atoms with Crippen LogP contribution in [-0.2, 0) is 16.6 Å². The van der Waals surface area contributed by atoms with Crippen molar-refractivity contribution in [3.05, 3.63) is 23.3 Å². The minimum atomic E-state index is -0.181. The molecule has 0 saturated carbocycles. The van der Waals surface area contributed by atoms with Crippen molar-refractivity contribution in [2.75, 3.05) is 5.73 Å². The Morgan fingerprint density at radius 3 is 2.47 bits per heavy atom. The number of phenols is 1. The van der Waals surface area contributed by atoms with Gasteiger partial charge in [0.1, 0.15) is 5.75 Å². The van der Waals surface area contributed by atoms with Crippen LogP contribution in [0.1, 0.15) is 38.3 Å². The van der Waals surface area contributed by atoms with E-state index < -0.39 is 0 Å². The Bertz CT molecular complexity index is 436. The lowest BCUT2D eigenvalue weighted by Gasteiger charge is -2.22. The quantitative estimate of drug-likeness (QED) is 0.441. The van der Waals surface area contributed by atoms with Gasteiger partial charge in [0.05, 0.1) is 5.69 Å². The van der Waals surface area contributed by atoms with Gasteiger partial charge in [-0.3, -0.25) is 4.79 Å². The van der Waals surface area contributed by atoms with Crippen molar-refractivity contribution >= 4 is 23.4 Å². The number of benzene rings is 1. The minimum absolute atomic E-state index is 0.137. The van der Waals surface area contributed by atoms with Crippen molar-refractivity contribution in [1.29, 1.82) is 0 Å². The van der Waals surface area contributed by atoms with Gasteiger partial charge >= 0.3 is 0 Å². The first kappa shape index (κ1) is 13.9. The summed E-state index contributed by atoms with van der Waals surface area (Å²) in [6.45, 7) is 6.03. The zero-order chi connectivity index (χ0) is 13.2. The van der Waals surface area contributed by atoms with Gasteiger partial charge in [0.15, 0.2) is 5.12 Å². The summed E-state index contributed by atoms with van der Waals surface area (Å²) in [6.07, 6.45) is 0.965. The van der Waals surface area contributed by atoms with Crippen LogP contribution in [0, 0.1) is 0 Å². The van der Waals surface area contributed by atoms with Gasteiger partial charge in [-0.2, -0.15) is 0 Å². The molecule has 0 fully saturated rings. The van der Waals surface area contributed by atoms with Crippen molar-refractivity contribution in [3.8, 4) is 5.75 Å². The Morgan fingerprint density at radius 1 is 1.41 bits per heavy atom. The zero-order valence-electron chi connectivity index (χ0n) is 10.4. The third-order valence-corrected chi connectivity index (χ3v) is 2.86. The molecule has 1 rings (SSSR count). The summed E-state index contributed by atoms with van der Waals surface area (Å²) < 4.78 is 0. The minimum Gasteiger partial charge on any atom is -0.505 e. The molecule has 0 bridgehead atoms. The molecule has 0 radical (unpaired) electrons. The molecule has 17 heavy (non-hydrogen) atoms. The van der Waals surface area contributed by atoms with Crippen molar-refractivity contribution in [2.45, 2.75) is 39.0 Å². The van der Waals surface area contributed by atoms with E-state index in [0.717, 1.165) is 11.1 Å². The second kappa shape index (κ2) is 5.00. The highest BCUT2D eigenvalue weighted by Crippen LogP contribution is 2.36. The van der Waals surface area contributed by atoms with E-state index in [1.807, 2.05) is 26.8 Å². The van der Waals surface area contributed by atoms with E-state index >= 15 is 0 Å². The lowest BCUT2D eigenvalue weighted by molar-refractivity contribution is -0.110. The van der Waals surface area contributed by atoms with E-state index in [-0.39, 0.29) is 16.3 Å². The van der Waals surface area contributed by atoms with Crippen LogP contribution < -0.4 is 5.73 Å². The second-order valence-corrected chi connectivity index (χ2v) is 5.72. The zero-order valence-corrected chi connectivity index (χ0v) is 11.3. The van der Waals surface area contributed by atoms with Gasteiger partial charge in [-0.25, -0.2) is 0 Å². The summed E-state index contributed by atoms with van der Waals surface area (Å²) in [5.41, 5.74) is 7.71. The second-order valence-electron chi connectivity index (χ2n) is 5.22. The van der Waals surface area contributed by atoms with Crippen molar-refractivity contribution < 1.29 is 9.90 Å². The molecule has 0 aliphatic heterocycles. The smallest absolute Gasteiger partial charge is 0.186 e. The Kier molecular flexibility index (Phi) is 4.09. The van der Waals surface area contributed by atoms with Crippen LogP contribution in [0.2, 0.25) is 0 Å². The van der Waals surface area contributed by atoms with E-state index in [0.29, 0.717) is 18.5 Å². The average Bonchev–Trinajstić information content (AvgIpc) is 2.17. The van der Waals surface area contributed by atoms with E-state index in [1.165, 1.54) is 0 Å². The highest BCUT2D eigenvalue weighted by molar-refractivity contribution is 7.96. The standard InChI is InChI=1S/C13H19NO2S/c1-13(2,3)9-6-8(4-5-11(15)17)7-10(14)12(9)16/h6-7,16H,4-5,14H2,1-3H3,(H,15,17). The summed E-state index contributed by atoms with van der Waals surface area (Å²) in [7, 11) is 0. The molecule has 3 N–H and O–H groups in total. The Labute approximate surface area is 107 Å². The first-order valence-electron chi connectivity index (χ1n) is 5.55. The topological polar surface area (TPSA) is 63.3 Å². The average molecular weight is 253 g/mol. The largest absolute Gasteiger partial charge is 0.505 e. The summed E-state index contributed by atoms with van der Waals surface area (Å²) in [5.74, 6) is 0.137. The predicted molar refractivity (Wildman–Crippen MR) is 73.5 cm³/mol. The van der Waals surface area contributed by atoms with Crippen molar-refractivity contribution in [2.24, 2.45) is 0 Å². The maximum atomic E-state index is 10.8. The third-order valence-electron chi connectivity index (χ3n) is 2.63. The number of rotatable bonds is 3. The molecule has 0 aromatic heterocycles. The Morgan fingerprint density at radius 2 is 2.00 bits per heavy atom. The Hall–Kier alpha value is -1.16. The first-order valence-corrected chi connectivity index (χ1v) is 6.00. The molecular weight excluding hydrogens is 234 g/mol. The van der Waals surface area contributed by atoms with Crippen molar-refractivity contribution in [1.82, 2.24) is 0 Å². The normalized spacial score (nSPS) is 11.5. The molecule has 1 aromatic carbocycles. The van der Waals surface area contributed by atoms with Crippen LogP contribution in [0.4, 0.5) is 5.69 Å². The SMILES string of the molecule is CC(C)(C)c1cc(CCC(=O)S)cc(N)c1O. The third kappa shape index (κ3) is 3.66. The van der Waals surface area contributed by atoms with E-state index in [9.17, 15) is 9.90 Å². The molecule has 0 aliphatic carbocycles. The van der Waals surface area contributed by atoms with Gasteiger partial charge in [0.25, 0.3) is 0 Å². The molecule has 0 unspecified atom stereocenters. The number of phenolic OH excluding ortho intramolecular Hbond substituents is 1. The number of aryl methyl sites for hydroxylation is 1. The molecular formula is C13H19NO2S. The van der Waals surface area contributed by atoms with Gasteiger partial charge in [0.2, 0.25) is 0 Å². The first-order chi connectivity index (χ1) is 7.71. The molecule has 3 nitrogen and oxygen atoms in total. The number of nitrogens with two attached hydrogens (primary N) is 1. The van der Waals surface area contributed by atoms with Crippen LogP contribution >= 0.6 is 12.6 Å². The monoisotopic (exact) mass is 253 g/mol. The highest BCUT2D eigenvalue weighted by atomic mass is 32.1. The lowest BCUT2D eigenvalue weighted by atomic mass is 9.84. The number of hydrogen-bond donors (Lipinski definition) is 3. The van der Waals surface area contributed by atoms with Gasteiger partial charge in [-0.1, -0.05) is 26.8 Å². The summed E-state index contributed by atoms with van der Waals surface area (Å²) in [6, 6.07) is 3.61. The van der Waals surface area contributed by atoms with Crippen molar-refractivity contribution in [3.63, 3.8) is 0 Å². The highest BCUT2D eigenvalue weighted by Gasteiger charge is 2.20. The fourth-order valence-corrected chi connectivity index (χ4v) is 1.80. The fraction of sp³-hybridized carbons (Fsp3) is 0.462. The molecule has 0 amide bonds. The number of nitrogen functional groups attached to an aromatic ring is 1. The maximum Gasteiger partial charge on any atom is 0.186 e. The van der Waals surface area contributed by atoms with Crippen LogP contribution in [0.5, 0.6) is 5.75 Å². The van der Waals surface area contributed by atoms with Gasteiger partial charge in [0, 0.05) is 12.0 Å². The van der Waals surface area contributed by atoms with Gasteiger partial charge in [-0.15, -0.1) is 12.6 Å². The number of carbonyl (C=O) groups excluding carboxylic acids is 1. The van der Waals surface area contributed by atoms with Crippen LogP contribution in [0.15, 0.2) is 12.1 Å². The molecule has 1 aromatic rings. The van der Waals surface area contributed by atoms with E-state index in [1.54, 1.807) is 6.07 Å². The number of anilines is 1.